The number of sulfonamides is 1. The molecule has 0 atom stereocenters. The van der Waals surface area contributed by atoms with E-state index in [-0.39, 0.29) is 0 Å². The van der Waals surface area contributed by atoms with Crippen molar-refractivity contribution >= 4 is 27.3 Å². The van der Waals surface area contributed by atoms with E-state index in [1.807, 2.05) is 34.9 Å². The summed E-state index contributed by atoms with van der Waals surface area (Å²) in [5.74, 6) is 0.668. The summed E-state index contributed by atoms with van der Waals surface area (Å²) in [7, 11) is -3.33. The topological polar surface area (TPSA) is 125 Å². The summed E-state index contributed by atoms with van der Waals surface area (Å²) in [4.78, 5) is 13.4. The van der Waals surface area contributed by atoms with Crippen molar-refractivity contribution in [2.75, 3.05) is 22.8 Å². The fraction of sp³-hybridized carbons (Fsp3) is 0.182. The first-order chi connectivity index (χ1) is 15.4. The van der Waals surface area contributed by atoms with Crippen LogP contribution in [-0.2, 0) is 16.4 Å². The SMILES string of the molecule is CS(=O)(=O)Nc1ccc(-c2cc3nccn3c(NCCCc3ccc(C#N)cn3)n2)cc1. The van der Waals surface area contributed by atoms with Crippen LogP contribution in [0.25, 0.3) is 16.9 Å². The van der Waals surface area contributed by atoms with Crippen molar-refractivity contribution in [2.45, 2.75) is 12.8 Å². The number of fused-ring (bicyclic) bond motifs is 1. The molecule has 2 N–H and O–H groups in total. The molecular formula is C22H21N7O2S. The number of nitrogens with one attached hydrogen (secondary N) is 2. The molecule has 4 rings (SSSR count). The molecule has 0 bridgehead atoms. The largest absolute Gasteiger partial charge is 0.355 e. The highest BCUT2D eigenvalue weighted by Crippen LogP contribution is 2.23. The van der Waals surface area contributed by atoms with Gasteiger partial charge in [-0.1, -0.05) is 12.1 Å². The summed E-state index contributed by atoms with van der Waals surface area (Å²) in [6, 6.07) is 14.6. The van der Waals surface area contributed by atoms with Gasteiger partial charge in [0, 0.05) is 48.1 Å². The maximum atomic E-state index is 11.4. The van der Waals surface area contributed by atoms with Crippen LogP contribution in [0.2, 0.25) is 0 Å². The highest BCUT2D eigenvalue weighted by atomic mass is 32.2. The van der Waals surface area contributed by atoms with Crippen LogP contribution in [0.3, 0.4) is 0 Å². The Balaban J connectivity index is 1.47. The van der Waals surface area contributed by atoms with E-state index in [1.54, 1.807) is 30.6 Å². The van der Waals surface area contributed by atoms with Gasteiger partial charge < -0.3 is 5.32 Å². The first kappa shape index (κ1) is 21.3. The molecule has 0 radical (unpaired) electrons. The number of aryl methyl sites for hydroxylation is 1. The van der Waals surface area contributed by atoms with Crippen molar-refractivity contribution < 1.29 is 8.42 Å². The zero-order valence-corrected chi connectivity index (χ0v) is 18.2. The van der Waals surface area contributed by atoms with Gasteiger partial charge in [0.1, 0.15) is 11.7 Å². The first-order valence-electron chi connectivity index (χ1n) is 9.92. The lowest BCUT2D eigenvalue weighted by molar-refractivity contribution is 0.607. The van der Waals surface area contributed by atoms with Gasteiger partial charge in [-0.25, -0.2) is 18.4 Å². The Hall–Kier alpha value is -3.97. The second-order valence-electron chi connectivity index (χ2n) is 7.25. The number of rotatable bonds is 8. The molecule has 0 aliphatic heterocycles. The third-order valence-corrected chi connectivity index (χ3v) is 5.33. The van der Waals surface area contributed by atoms with Crippen molar-refractivity contribution in [1.82, 2.24) is 19.4 Å². The van der Waals surface area contributed by atoms with Crippen LogP contribution >= 0.6 is 0 Å². The number of hydrogen-bond acceptors (Lipinski definition) is 7. The molecule has 162 valence electrons. The molecule has 0 unspecified atom stereocenters. The van der Waals surface area contributed by atoms with Crippen LogP contribution in [-0.4, -0.2) is 40.6 Å². The van der Waals surface area contributed by atoms with E-state index < -0.39 is 10.0 Å². The molecule has 0 fully saturated rings. The van der Waals surface area contributed by atoms with Crippen molar-refractivity contribution in [3.63, 3.8) is 0 Å². The summed E-state index contributed by atoms with van der Waals surface area (Å²) in [5.41, 5.74) is 4.31. The van der Waals surface area contributed by atoms with Crippen LogP contribution in [0.1, 0.15) is 17.7 Å². The standard InChI is InChI=1S/C22H21N7O2S/c1-32(30,31)28-19-8-5-17(6-9-19)20-13-21-24-11-12-29(21)22(27-20)25-10-2-3-18-7-4-16(14-23)15-26-18/h4-9,11-13,15,28H,2-3,10H2,1H3,(H,25,27). The molecule has 0 amide bonds. The average Bonchev–Trinajstić information content (AvgIpc) is 3.25. The zero-order valence-electron chi connectivity index (χ0n) is 17.4. The highest BCUT2D eigenvalue weighted by Gasteiger charge is 2.09. The third kappa shape index (κ3) is 5.19. The van der Waals surface area contributed by atoms with Crippen LogP contribution in [0, 0.1) is 11.3 Å². The number of nitriles is 1. The summed E-state index contributed by atoms with van der Waals surface area (Å²) in [6.07, 6.45) is 7.87. The lowest BCUT2D eigenvalue weighted by Gasteiger charge is -2.11. The summed E-state index contributed by atoms with van der Waals surface area (Å²) in [5, 5.41) is 12.2. The van der Waals surface area contributed by atoms with E-state index in [1.165, 1.54) is 0 Å². The van der Waals surface area contributed by atoms with E-state index in [9.17, 15) is 8.42 Å². The lowest BCUT2D eigenvalue weighted by Crippen LogP contribution is -2.10. The normalized spacial score (nSPS) is 11.2. The molecule has 9 nitrogen and oxygen atoms in total. The predicted octanol–water partition coefficient (Wildman–Crippen LogP) is 3.08. The van der Waals surface area contributed by atoms with Crippen LogP contribution in [0.5, 0.6) is 0 Å². The molecule has 4 aromatic rings. The Morgan fingerprint density at radius 2 is 1.94 bits per heavy atom. The van der Waals surface area contributed by atoms with E-state index in [0.29, 0.717) is 23.7 Å². The third-order valence-electron chi connectivity index (χ3n) is 4.72. The molecule has 0 saturated heterocycles. The molecule has 0 saturated carbocycles. The van der Waals surface area contributed by atoms with Gasteiger partial charge in [-0.15, -0.1) is 0 Å². The zero-order chi connectivity index (χ0) is 22.6. The van der Waals surface area contributed by atoms with E-state index in [0.717, 1.165) is 41.7 Å². The van der Waals surface area contributed by atoms with Crippen LogP contribution in [0.4, 0.5) is 11.6 Å². The average molecular weight is 448 g/mol. The number of nitrogens with zero attached hydrogens (tertiary/aromatic N) is 5. The smallest absolute Gasteiger partial charge is 0.229 e. The lowest BCUT2D eigenvalue weighted by atomic mass is 10.1. The van der Waals surface area contributed by atoms with Gasteiger partial charge in [0.2, 0.25) is 16.0 Å². The van der Waals surface area contributed by atoms with Gasteiger partial charge in [0.25, 0.3) is 0 Å². The number of aromatic nitrogens is 4. The van der Waals surface area contributed by atoms with Crippen molar-refractivity contribution in [3.8, 4) is 17.3 Å². The van der Waals surface area contributed by atoms with Gasteiger partial charge in [0.05, 0.1) is 17.5 Å². The number of hydrogen-bond donors (Lipinski definition) is 2. The summed E-state index contributed by atoms with van der Waals surface area (Å²) >= 11 is 0. The van der Waals surface area contributed by atoms with Crippen LogP contribution in [0.15, 0.2) is 61.1 Å². The van der Waals surface area contributed by atoms with Crippen molar-refractivity contribution in [3.05, 3.63) is 72.3 Å². The Labute approximate surface area is 185 Å². The molecule has 0 spiro atoms. The Morgan fingerprint density at radius 1 is 1.12 bits per heavy atom. The van der Waals surface area contributed by atoms with Gasteiger partial charge in [-0.3, -0.25) is 14.1 Å². The number of imidazole rings is 1. The Bertz CT molecular complexity index is 1370. The van der Waals surface area contributed by atoms with E-state index in [4.69, 9.17) is 10.2 Å². The van der Waals surface area contributed by atoms with Crippen molar-refractivity contribution in [1.29, 1.82) is 5.26 Å². The summed E-state index contributed by atoms with van der Waals surface area (Å²) < 4.78 is 27.1. The highest BCUT2D eigenvalue weighted by molar-refractivity contribution is 7.92. The number of anilines is 2. The Kier molecular flexibility index (Phi) is 6.00. The van der Waals surface area contributed by atoms with Gasteiger partial charge in [-0.05, 0) is 37.1 Å². The van der Waals surface area contributed by atoms with Crippen LogP contribution < -0.4 is 10.0 Å². The second kappa shape index (κ2) is 9.03. The maximum Gasteiger partial charge on any atom is 0.229 e. The molecular weight excluding hydrogens is 426 g/mol. The van der Waals surface area contributed by atoms with Gasteiger partial charge in [-0.2, -0.15) is 5.26 Å². The van der Waals surface area contributed by atoms with Gasteiger partial charge >= 0.3 is 0 Å². The maximum absolute atomic E-state index is 11.4. The molecule has 0 aliphatic carbocycles. The monoisotopic (exact) mass is 447 g/mol. The molecule has 3 heterocycles. The fourth-order valence-corrected chi connectivity index (χ4v) is 3.79. The van der Waals surface area contributed by atoms with E-state index in [2.05, 4.69) is 26.1 Å². The molecule has 32 heavy (non-hydrogen) atoms. The number of benzene rings is 1. The Morgan fingerprint density at radius 3 is 2.62 bits per heavy atom. The quantitative estimate of drug-likeness (QED) is 0.398. The molecule has 1 aromatic carbocycles. The fourth-order valence-electron chi connectivity index (χ4n) is 3.23. The minimum atomic E-state index is -3.33. The van der Waals surface area contributed by atoms with Crippen molar-refractivity contribution in [2.24, 2.45) is 0 Å². The summed E-state index contributed by atoms with van der Waals surface area (Å²) in [6.45, 7) is 0.683. The molecule has 3 aromatic heterocycles. The molecule has 10 heteroatoms. The second-order valence-corrected chi connectivity index (χ2v) is 9.00. The first-order valence-corrected chi connectivity index (χ1v) is 11.8. The van der Waals surface area contributed by atoms with E-state index >= 15 is 0 Å². The minimum absolute atomic E-state index is 0.493. The number of pyridine rings is 1. The molecule has 0 aliphatic rings. The minimum Gasteiger partial charge on any atom is -0.355 e. The van der Waals surface area contributed by atoms with Gasteiger partial charge in [0.15, 0.2) is 0 Å². The predicted molar refractivity (Wildman–Crippen MR) is 123 cm³/mol.